The monoisotopic (exact) mass is 322 g/mol. The minimum Gasteiger partial charge on any atom is -0.325 e. The molecule has 1 fully saturated rings. The highest BCUT2D eigenvalue weighted by molar-refractivity contribution is 5.92. The van der Waals surface area contributed by atoms with E-state index in [-0.39, 0.29) is 24.3 Å². The summed E-state index contributed by atoms with van der Waals surface area (Å²) >= 11 is 0. The first-order valence-corrected chi connectivity index (χ1v) is 8.14. The molecule has 23 heavy (non-hydrogen) atoms. The fraction of sp³-hybridized carbons (Fsp3) is 0.588. The third kappa shape index (κ3) is 5.89. The van der Waals surface area contributed by atoms with Gasteiger partial charge in [0.1, 0.15) is 5.82 Å². The quantitative estimate of drug-likeness (QED) is 0.829. The van der Waals surface area contributed by atoms with E-state index in [9.17, 15) is 9.18 Å². The molecular weight excluding hydrogens is 295 g/mol. The summed E-state index contributed by atoms with van der Waals surface area (Å²) in [5, 5.41) is 6.06. The Morgan fingerprint density at radius 2 is 2.00 bits per heavy atom. The molecule has 2 N–H and O–H groups in total. The molecule has 128 valence electrons. The molecule has 6 heteroatoms. The lowest BCUT2D eigenvalue weighted by atomic mass is 10.2. The zero-order valence-electron chi connectivity index (χ0n) is 14.2. The second-order valence-corrected chi connectivity index (χ2v) is 6.39. The number of amides is 1. The Bertz CT molecular complexity index is 529. The Labute approximate surface area is 137 Å². The van der Waals surface area contributed by atoms with Gasteiger partial charge in [-0.25, -0.2) is 4.39 Å². The maximum atomic E-state index is 13.1. The summed E-state index contributed by atoms with van der Waals surface area (Å²) in [5.41, 5.74) is 1.38. The first-order valence-electron chi connectivity index (χ1n) is 8.14. The SMILES string of the molecule is Cc1cc(F)ccc1NC(=O)CN[C@@H](C)CN1CCN(C)CC1. The Hall–Kier alpha value is -1.50. The lowest BCUT2D eigenvalue weighted by Gasteiger charge is -2.34. The minimum atomic E-state index is -0.292. The molecule has 0 spiro atoms. The van der Waals surface area contributed by atoms with E-state index in [0.29, 0.717) is 5.69 Å². The third-order valence-corrected chi connectivity index (χ3v) is 4.20. The van der Waals surface area contributed by atoms with Gasteiger partial charge in [0.2, 0.25) is 5.91 Å². The van der Waals surface area contributed by atoms with Crippen LogP contribution in [0.3, 0.4) is 0 Å². The van der Waals surface area contributed by atoms with Crippen LogP contribution in [0, 0.1) is 12.7 Å². The van der Waals surface area contributed by atoms with Gasteiger partial charge in [0.25, 0.3) is 0 Å². The van der Waals surface area contributed by atoms with Gasteiger partial charge in [-0.1, -0.05) is 0 Å². The van der Waals surface area contributed by atoms with Crippen molar-refractivity contribution >= 4 is 11.6 Å². The van der Waals surface area contributed by atoms with Crippen molar-refractivity contribution < 1.29 is 9.18 Å². The number of carbonyl (C=O) groups excluding carboxylic acids is 1. The second-order valence-electron chi connectivity index (χ2n) is 6.39. The van der Waals surface area contributed by atoms with Crippen molar-refractivity contribution in [3.8, 4) is 0 Å². The number of piperazine rings is 1. The summed E-state index contributed by atoms with van der Waals surface area (Å²) in [7, 11) is 2.14. The van der Waals surface area contributed by atoms with Crippen LogP contribution in [-0.4, -0.2) is 68.1 Å². The topological polar surface area (TPSA) is 47.6 Å². The number of nitrogens with one attached hydrogen (secondary N) is 2. The fourth-order valence-electron chi connectivity index (χ4n) is 2.71. The van der Waals surface area contributed by atoms with Crippen LogP contribution in [-0.2, 0) is 4.79 Å². The van der Waals surface area contributed by atoms with E-state index in [1.54, 1.807) is 13.0 Å². The fourth-order valence-corrected chi connectivity index (χ4v) is 2.71. The van der Waals surface area contributed by atoms with Crippen LogP contribution in [0.4, 0.5) is 10.1 Å². The van der Waals surface area contributed by atoms with E-state index in [1.807, 2.05) is 0 Å². The summed E-state index contributed by atoms with van der Waals surface area (Å²) in [4.78, 5) is 16.7. The van der Waals surface area contributed by atoms with Gasteiger partial charge in [-0.05, 0) is 44.7 Å². The number of anilines is 1. The maximum absolute atomic E-state index is 13.1. The van der Waals surface area contributed by atoms with Crippen LogP contribution in [0.2, 0.25) is 0 Å². The number of halogens is 1. The number of nitrogens with zero attached hydrogens (tertiary/aromatic N) is 2. The van der Waals surface area contributed by atoms with Crippen molar-refractivity contribution in [1.29, 1.82) is 0 Å². The van der Waals surface area contributed by atoms with Gasteiger partial charge in [0, 0.05) is 44.5 Å². The summed E-state index contributed by atoms with van der Waals surface area (Å²) < 4.78 is 13.1. The minimum absolute atomic E-state index is 0.107. The lowest BCUT2D eigenvalue weighted by Crippen LogP contribution is -2.49. The number of carbonyl (C=O) groups is 1. The van der Waals surface area contributed by atoms with Crippen molar-refractivity contribution in [2.45, 2.75) is 19.9 Å². The molecule has 0 bridgehead atoms. The highest BCUT2D eigenvalue weighted by Crippen LogP contribution is 2.15. The van der Waals surface area contributed by atoms with Crippen LogP contribution in [0.5, 0.6) is 0 Å². The molecule has 0 aromatic heterocycles. The highest BCUT2D eigenvalue weighted by atomic mass is 19.1. The Morgan fingerprint density at radius 1 is 1.30 bits per heavy atom. The molecule has 1 aliphatic rings. The summed E-state index contributed by atoms with van der Waals surface area (Å²) in [6.07, 6.45) is 0. The first kappa shape index (κ1) is 17.8. The van der Waals surface area contributed by atoms with Gasteiger partial charge in [0.15, 0.2) is 0 Å². The maximum Gasteiger partial charge on any atom is 0.238 e. The summed E-state index contributed by atoms with van der Waals surface area (Å²) in [6, 6.07) is 4.61. The highest BCUT2D eigenvalue weighted by Gasteiger charge is 2.16. The van der Waals surface area contributed by atoms with E-state index in [0.717, 1.165) is 38.3 Å². The molecule has 5 nitrogen and oxygen atoms in total. The van der Waals surface area contributed by atoms with Crippen LogP contribution >= 0.6 is 0 Å². The largest absolute Gasteiger partial charge is 0.325 e. The molecule has 1 aliphatic heterocycles. The van der Waals surface area contributed by atoms with Crippen molar-refractivity contribution in [3.05, 3.63) is 29.6 Å². The zero-order chi connectivity index (χ0) is 16.8. The van der Waals surface area contributed by atoms with Gasteiger partial charge >= 0.3 is 0 Å². The number of rotatable bonds is 6. The molecule has 0 radical (unpaired) electrons. The van der Waals surface area contributed by atoms with Crippen LogP contribution in [0.25, 0.3) is 0 Å². The standard InChI is InChI=1S/C17H27FN4O/c1-13-10-15(18)4-5-16(13)20-17(23)11-19-14(2)12-22-8-6-21(3)7-9-22/h4-5,10,14,19H,6-9,11-12H2,1-3H3,(H,20,23)/t14-/m0/s1. The smallest absolute Gasteiger partial charge is 0.238 e. The molecule has 1 saturated heterocycles. The van der Waals surface area contributed by atoms with Gasteiger partial charge in [0.05, 0.1) is 6.54 Å². The van der Waals surface area contributed by atoms with Crippen LogP contribution < -0.4 is 10.6 Å². The summed E-state index contributed by atoms with van der Waals surface area (Å²) in [6.45, 7) is 9.40. The third-order valence-electron chi connectivity index (χ3n) is 4.20. The van der Waals surface area contributed by atoms with Crippen LogP contribution in [0.15, 0.2) is 18.2 Å². The van der Waals surface area contributed by atoms with Crippen molar-refractivity contribution in [2.24, 2.45) is 0 Å². The molecule has 1 heterocycles. The Balaban J connectivity index is 1.71. The van der Waals surface area contributed by atoms with Gasteiger partial charge in [-0.15, -0.1) is 0 Å². The summed E-state index contributed by atoms with van der Waals surface area (Å²) in [5.74, 6) is -0.399. The van der Waals surface area contributed by atoms with Gasteiger partial charge < -0.3 is 15.5 Å². The Morgan fingerprint density at radius 3 is 2.65 bits per heavy atom. The van der Waals surface area contributed by atoms with Crippen molar-refractivity contribution in [2.75, 3.05) is 51.6 Å². The van der Waals surface area contributed by atoms with Crippen LogP contribution in [0.1, 0.15) is 12.5 Å². The predicted molar refractivity (Wildman–Crippen MR) is 91.2 cm³/mol. The molecule has 1 atom stereocenters. The number of benzene rings is 1. The predicted octanol–water partition coefficient (Wildman–Crippen LogP) is 1.30. The van der Waals surface area contributed by atoms with E-state index < -0.39 is 0 Å². The molecule has 1 aromatic rings. The molecule has 2 rings (SSSR count). The number of hydrogen-bond donors (Lipinski definition) is 2. The van der Waals surface area contributed by atoms with E-state index in [4.69, 9.17) is 0 Å². The molecule has 0 saturated carbocycles. The lowest BCUT2D eigenvalue weighted by molar-refractivity contribution is -0.115. The van der Waals surface area contributed by atoms with E-state index in [1.165, 1.54) is 12.1 Å². The van der Waals surface area contributed by atoms with E-state index >= 15 is 0 Å². The first-order chi connectivity index (χ1) is 10.9. The number of aryl methyl sites for hydroxylation is 1. The second kappa shape index (κ2) is 8.38. The zero-order valence-corrected chi connectivity index (χ0v) is 14.2. The number of hydrogen-bond acceptors (Lipinski definition) is 4. The van der Waals surface area contributed by atoms with Gasteiger partial charge in [-0.3, -0.25) is 9.69 Å². The molecular formula is C17H27FN4O. The van der Waals surface area contributed by atoms with E-state index in [2.05, 4.69) is 34.4 Å². The average molecular weight is 322 g/mol. The number of likely N-dealkylation sites (N-methyl/N-ethyl adjacent to an activating group) is 1. The average Bonchev–Trinajstić information content (AvgIpc) is 2.50. The Kier molecular flexibility index (Phi) is 6.50. The molecule has 1 amide bonds. The normalized spacial score (nSPS) is 17.9. The molecule has 1 aromatic carbocycles. The van der Waals surface area contributed by atoms with Gasteiger partial charge in [-0.2, -0.15) is 0 Å². The molecule has 0 aliphatic carbocycles. The van der Waals surface area contributed by atoms with Crippen molar-refractivity contribution in [1.82, 2.24) is 15.1 Å². The molecule has 0 unspecified atom stereocenters. The van der Waals surface area contributed by atoms with Crippen molar-refractivity contribution in [3.63, 3.8) is 0 Å².